The normalized spacial score (nSPS) is 24.1. The monoisotopic (exact) mass is 510 g/mol. The van der Waals surface area contributed by atoms with Gasteiger partial charge in [0.15, 0.2) is 5.82 Å². The molecule has 1 aromatic heterocycles. The minimum Gasteiger partial charge on any atom is -0.379 e. The summed E-state index contributed by atoms with van der Waals surface area (Å²) in [6.45, 7) is 13.8. The molecule has 5 rings (SSSR count). The topological polar surface area (TPSA) is 101 Å². The maximum Gasteiger partial charge on any atom is 0.319 e. The molecule has 2 amide bonds. The number of benzene rings is 1. The predicted octanol–water partition coefficient (Wildman–Crippen LogP) is 2.98. The molecule has 0 aliphatic carbocycles. The molecule has 2 atom stereocenters. The molecule has 4 heterocycles. The van der Waals surface area contributed by atoms with Crippen LogP contribution in [0.3, 0.4) is 0 Å². The zero-order valence-electron chi connectivity index (χ0n) is 22.1. The van der Waals surface area contributed by atoms with Crippen LogP contribution in [0.15, 0.2) is 24.3 Å². The average Bonchev–Trinajstić information content (AvgIpc) is 3.25. The first kappa shape index (κ1) is 25.8. The smallest absolute Gasteiger partial charge is 0.319 e. The van der Waals surface area contributed by atoms with Crippen molar-refractivity contribution in [1.82, 2.24) is 20.2 Å². The van der Waals surface area contributed by atoms with Gasteiger partial charge >= 0.3 is 6.03 Å². The van der Waals surface area contributed by atoms with Gasteiger partial charge in [0.05, 0.1) is 44.8 Å². The average molecular weight is 511 g/mol. The highest BCUT2D eigenvalue weighted by Gasteiger charge is 2.41. The lowest BCUT2D eigenvalue weighted by Gasteiger charge is -2.35. The molecular formula is C27H38N6O4. The second kappa shape index (κ2) is 11.3. The van der Waals surface area contributed by atoms with Crippen LogP contribution >= 0.6 is 0 Å². The van der Waals surface area contributed by atoms with E-state index in [-0.39, 0.29) is 12.1 Å². The van der Waals surface area contributed by atoms with Crippen molar-refractivity contribution in [2.45, 2.75) is 45.4 Å². The highest BCUT2D eigenvalue weighted by Crippen LogP contribution is 2.43. The van der Waals surface area contributed by atoms with Crippen molar-refractivity contribution in [2.24, 2.45) is 0 Å². The molecule has 10 heteroatoms. The Bertz CT molecular complexity index is 1090. The fraction of sp³-hybridized carbons (Fsp3) is 0.593. The number of urea groups is 1. The lowest BCUT2D eigenvalue weighted by atomic mass is 9.95. The summed E-state index contributed by atoms with van der Waals surface area (Å²) in [7, 11) is 0. The van der Waals surface area contributed by atoms with E-state index in [1.54, 1.807) is 0 Å². The summed E-state index contributed by atoms with van der Waals surface area (Å²) >= 11 is 0. The van der Waals surface area contributed by atoms with Crippen LogP contribution in [0.4, 0.5) is 16.3 Å². The van der Waals surface area contributed by atoms with E-state index in [1.807, 2.05) is 31.2 Å². The fourth-order valence-corrected chi connectivity index (χ4v) is 5.18. The molecular weight excluding hydrogens is 472 g/mol. The lowest BCUT2D eigenvalue weighted by molar-refractivity contribution is -0.0442. The van der Waals surface area contributed by atoms with Crippen molar-refractivity contribution in [2.75, 3.05) is 69.4 Å². The number of ether oxygens (including phenoxy) is 3. The molecule has 3 aliphatic heterocycles. The lowest BCUT2D eigenvalue weighted by Crippen LogP contribution is -2.44. The number of nitrogens with zero attached hydrogens (tertiary/aromatic N) is 4. The molecule has 0 spiro atoms. The molecule has 3 aliphatic rings. The molecule has 2 fully saturated rings. The largest absolute Gasteiger partial charge is 0.379 e. The molecule has 1 aromatic carbocycles. The van der Waals surface area contributed by atoms with Crippen LogP contribution in [0, 0.1) is 0 Å². The molecule has 2 saturated heterocycles. The van der Waals surface area contributed by atoms with Gasteiger partial charge in [-0.05, 0) is 51.5 Å². The number of nitrogens with one attached hydrogen (secondary N) is 2. The summed E-state index contributed by atoms with van der Waals surface area (Å²) in [5.41, 5.74) is 3.18. The van der Waals surface area contributed by atoms with Crippen molar-refractivity contribution >= 4 is 17.5 Å². The summed E-state index contributed by atoms with van der Waals surface area (Å²) in [6.07, 6.45) is 0.851. The van der Waals surface area contributed by atoms with Crippen LogP contribution in [0.2, 0.25) is 0 Å². The summed E-state index contributed by atoms with van der Waals surface area (Å²) < 4.78 is 17.7. The first-order valence-corrected chi connectivity index (χ1v) is 13.3. The molecule has 0 unspecified atom stereocenters. The van der Waals surface area contributed by atoms with Gasteiger partial charge in [0.2, 0.25) is 0 Å². The van der Waals surface area contributed by atoms with Crippen molar-refractivity contribution in [3.8, 4) is 11.4 Å². The standard InChI is InChI=1S/C27H38N6O4/c1-4-28-26(34)29-21-7-5-20(6-8-21)24-30-23-22(25(31-24)33-13-16-36-17-19(33)2)18-37-27(23,3)9-10-32-11-14-35-15-12-32/h5-8,19H,4,9-18H2,1-3H3,(H2,28,29,34)/t19-,27+/m0/s1. The van der Waals surface area contributed by atoms with E-state index < -0.39 is 5.60 Å². The van der Waals surface area contributed by atoms with Gasteiger partial charge in [0.1, 0.15) is 11.4 Å². The Morgan fingerprint density at radius 2 is 1.86 bits per heavy atom. The van der Waals surface area contributed by atoms with Gasteiger partial charge in [-0.15, -0.1) is 0 Å². The first-order valence-electron chi connectivity index (χ1n) is 13.3. The SMILES string of the molecule is CCNC(=O)Nc1ccc(-c2nc(N3CCOC[C@@H]3C)c3c(n2)[C@@](C)(CCN2CCOCC2)OC3)cc1. The molecule has 37 heavy (non-hydrogen) atoms. The Balaban J connectivity index is 1.46. The van der Waals surface area contributed by atoms with Crippen LogP contribution in [-0.2, 0) is 26.4 Å². The third-order valence-corrected chi connectivity index (χ3v) is 7.41. The van der Waals surface area contributed by atoms with Gasteiger partial charge in [-0.2, -0.15) is 0 Å². The second-order valence-electron chi connectivity index (χ2n) is 10.1. The van der Waals surface area contributed by atoms with Gasteiger partial charge < -0.3 is 29.7 Å². The third-order valence-electron chi connectivity index (χ3n) is 7.41. The van der Waals surface area contributed by atoms with Gasteiger partial charge in [0.25, 0.3) is 0 Å². The minimum absolute atomic E-state index is 0.212. The molecule has 10 nitrogen and oxygen atoms in total. The zero-order valence-corrected chi connectivity index (χ0v) is 22.1. The van der Waals surface area contributed by atoms with Gasteiger partial charge in [-0.25, -0.2) is 14.8 Å². The number of amides is 2. The van der Waals surface area contributed by atoms with Gasteiger partial charge in [0, 0.05) is 49.5 Å². The minimum atomic E-state index is -0.491. The number of hydrogen-bond donors (Lipinski definition) is 2. The molecule has 200 valence electrons. The maximum atomic E-state index is 11.9. The van der Waals surface area contributed by atoms with Crippen LogP contribution in [-0.4, -0.2) is 86.1 Å². The van der Waals surface area contributed by atoms with E-state index in [4.69, 9.17) is 24.2 Å². The van der Waals surface area contributed by atoms with Crippen LogP contribution in [0.1, 0.15) is 38.4 Å². The predicted molar refractivity (Wildman–Crippen MR) is 142 cm³/mol. The van der Waals surface area contributed by atoms with Crippen LogP contribution in [0.25, 0.3) is 11.4 Å². The fourth-order valence-electron chi connectivity index (χ4n) is 5.18. The second-order valence-corrected chi connectivity index (χ2v) is 10.1. The first-order chi connectivity index (χ1) is 18.0. The van der Waals surface area contributed by atoms with Crippen LogP contribution in [0.5, 0.6) is 0 Å². The Hall–Kier alpha value is -2.79. The van der Waals surface area contributed by atoms with E-state index in [0.717, 1.165) is 74.1 Å². The summed E-state index contributed by atoms with van der Waals surface area (Å²) in [4.78, 5) is 26.9. The number of morpholine rings is 2. The van der Waals surface area contributed by atoms with E-state index in [0.29, 0.717) is 32.2 Å². The summed E-state index contributed by atoms with van der Waals surface area (Å²) in [5, 5.41) is 5.59. The van der Waals surface area contributed by atoms with E-state index >= 15 is 0 Å². The number of rotatable bonds is 7. The molecule has 0 bridgehead atoms. The number of carbonyl (C=O) groups is 1. The van der Waals surface area contributed by atoms with Crippen LogP contribution < -0.4 is 15.5 Å². The number of hydrogen-bond acceptors (Lipinski definition) is 8. The number of fused-ring (bicyclic) bond motifs is 1. The van der Waals surface area contributed by atoms with Crippen molar-refractivity contribution in [3.05, 3.63) is 35.5 Å². The molecule has 0 radical (unpaired) electrons. The van der Waals surface area contributed by atoms with E-state index in [1.165, 1.54) is 0 Å². The number of aromatic nitrogens is 2. The molecule has 2 aromatic rings. The Morgan fingerprint density at radius 1 is 1.11 bits per heavy atom. The van der Waals surface area contributed by atoms with Crippen molar-refractivity contribution in [3.63, 3.8) is 0 Å². The van der Waals surface area contributed by atoms with Gasteiger partial charge in [-0.1, -0.05) is 0 Å². The molecule has 0 saturated carbocycles. The van der Waals surface area contributed by atoms with E-state index in [2.05, 4.69) is 34.3 Å². The zero-order chi connectivity index (χ0) is 25.8. The quantitative estimate of drug-likeness (QED) is 0.586. The van der Waals surface area contributed by atoms with Crippen molar-refractivity contribution < 1.29 is 19.0 Å². The Morgan fingerprint density at radius 3 is 2.59 bits per heavy atom. The number of carbonyl (C=O) groups excluding carboxylic acids is 1. The van der Waals surface area contributed by atoms with E-state index in [9.17, 15) is 4.79 Å². The highest BCUT2D eigenvalue weighted by atomic mass is 16.5. The number of anilines is 2. The summed E-state index contributed by atoms with van der Waals surface area (Å²) in [6, 6.07) is 7.66. The Labute approximate surface area is 218 Å². The maximum absolute atomic E-state index is 11.9. The third kappa shape index (κ3) is 5.72. The van der Waals surface area contributed by atoms with Gasteiger partial charge in [-0.3, -0.25) is 4.90 Å². The van der Waals surface area contributed by atoms with Crippen molar-refractivity contribution in [1.29, 1.82) is 0 Å². The highest BCUT2D eigenvalue weighted by molar-refractivity contribution is 5.89. The summed E-state index contributed by atoms with van der Waals surface area (Å²) in [5.74, 6) is 1.61. The Kier molecular flexibility index (Phi) is 7.89. The molecule has 2 N–H and O–H groups in total.